The molecular formula is C19H36N3O11P. The summed E-state index contributed by atoms with van der Waals surface area (Å²) in [6.45, 7) is 5.13. The van der Waals surface area contributed by atoms with E-state index in [4.69, 9.17) is 29.0 Å². The maximum absolute atomic E-state index is 13.1. The second-order valence-corrected chi connectivity index (χ2v) is 8.09. The van der Waals surface area contributed by atoms with Crippen LogP contribution in [0.1, 0.15) is 40.0 Å². The van der Waals surface area contributed by atoms with Crippen LogP contribution in [0.5, 0.6) is 0 Å². The first kappa shape index (κ1) is 31.4. The molecule has 0 aliphatic heterocycles. The molecule has 0 radical (unpaired) electrons. The summed E-state index contributed by atoms with van der Waals surface area (Å²) in [7, 11) is -2.67. The third-order valence-electron chi connectivity index (χ3n) is 3.50. The standard InChI is InChI=1S/C19H36N3O11P/c1-5-10-29-16(23)15-22(4)17(20)21-34(26,32-13-8-11-30-18(24)27-6-2)33-14-9-12-31-19(25)28-7-3/h5-15H2,1-4H3,(H2,20,21,26). The van der Waals surface area contributed by atoms with Gasteiger partial charge in [0.15, 0.2) is 0 Å². The fourth-order valence-electron chi connectivity index (χ4n) is 1.94. The zero-order chi connectivity index (χ0) is 25.8. The zero-order valence-corrected chi connectivity index (χ0v) is 21.1. The van der Waals surface area contributed by atoms with Gasteiger partial charge >= 0.3 is 26.0 Å². The Bertz CT molecular complexity index is 658. The zero-order valence-electron chi connectivity index (χ0n) is 20.2. The largest absolute Gasteiger partial charge is 0.508 e. The summed E-state index contributed by atoms with van der Waals surface area (Å²) in [6, 6.07) is 0. The van der Waals surface area contributed by atoms with E-state index in [1.807, 2.05) is 6.92 Å². The highest BCUT2D eigenvalue weighted by Crippen LogP contribution is 2.50. The highest BCUT2D eigenvalue weighted by molar-refractivity contribution is 7.52. The van der Waals surface area contributed by atoms with Crippen LogP contribution < -0.4 is 5.73 Å². The minimum atomic E-state index is -4.12. The molecule has 0 heterocycles. The summed E-state index contributed by atoms with van der Waals surface area (Å²) in [4.78, 5) is 35.3. The van der Waals surface area contributed by atoms with E-state index >= 15 is 0 Å². The molecule has 0 unspecified atom stereocenters. The summed E-state index contributed by atoms with van der Waals surface area (Å²) in [5, 5.41) is 0. The fourth-order valence-corrected chi connectivity index (χ4v) is 3.25. The van der Waals surface area contributed by atoms with Crippen molar-refractivity contribution in [2.45, 2.75) is 40.0 Å². The molecule has 198 valence electrons. The van der Waals surface area contributed by atoms with Gasteiger partial charge in [0.1, 0.15) is 6.54 Å². The monoisotopic (exact) mass is 513 g/mol. The van der Waals surface area contributed by atoms with Gasteiger partial charge in [-0.05, 0) is 20.3 Å². The van der Waals surface area contributed by atoms with Gasteiger partial charge in [-0.2, -0.15) is 0 Å². The number of hydrogen-bond acceptors (Lipinski definition) is 11. The Morgan fingerprint density at radius 2 is 1.29 bits per heavy atom. The molecule has 0 saturated heterocycles. The van der Waals surface area contributed by atoms with Crippen molar-refractivity contribution < 1.29 is 51.7 Å². The lowest BCUT2D eigenvalue weighted by Crippen LogP contribution is -2.38. The molecule has 0 aromatic carbocycles. The highest BCUT2D eigenvalue weighted by atomic mass is 31.2. The normalized spacial score (nSPS) is 11.5. The van der Waals surface area contributed by atoms with Crippen LogP contribution in [0.2, 0.25) is 0 Å². The van der Waals surface area contributed by atoms with Gasteiger partial charge in [0.25, 0.3) is 0 Å². The van der Waals surface area contributed by atoms with E-state index < -0.39 is 26.0 Å². The third-order valence-corrected chi connectivity index (χ3v) is 4.97. The Morgan fingerprint density at radius 3 is 1.74 bits per heavy atom. The minimum Gasteiger partial charge on any atom is -0.464 e. The number of carbonyl (C=O) groups excluding carboxylic acids is 3. The molecule has 0 amide bonds. The number of nitrogens with zero attached hydrogens (tertiary/aromatic N) is 2. The van der Waals surface area contributed by atoms with E-state index in [2.05, 4.69) is 14.2 Å². The Balaban J connectivity index is 4.90. The van der Waals surface area contributed by atoms with Crippen LogP contribution in [0.4, 0.5) is 9.59 Å². The van der Waals surface area contributed by atoms with E-state index in [0.29, 0.717) is 6.42 Å². The van der Waals surface area contributed by atoms with Crippen molar-refractivity contribution in [1.29, 1.82) is 0 Å². The van der Waals surface area contributed by atoms with Crippen LogP contribution in [-0.4, -0.2) is 89.0 Å². The quantitative estimate of drug-likeness (QED) is 0.0750. The van der Waals surface area contributed by atoms with Crippen LogP contribution >= 0.6 is 7.75 Å². The molecule has 0 aromatic rings. The lowest BCUT2D eigenvalue weighted by molar-refractivity contribution is -0.143. The summed E-state index contributed by atoms with van der Waals surface area (Å²) in [6.07, 6.45) is -0.653. The predicted molar refractivity (Wildman–Crippen MR) is 120 cm³/mol. The second-order valence-electron chi connectivity index (χ2n) is 6.44. The number of likely N-dealkylation sites (N-methyl/N-ethyl adjacent to an activating group) is 1. The average Bonchev–Trinajstić information content (AvgIpc) is 2.77. The minimum absolute atomic E-state index is 0.0470. The molecule has 0 bridgehead atoms. The van der Waals surface area contributed by atoms with E-state index in [1.54, 1.807) is 13.8 Å². The van der Waals surface area contributed by atoms with Crippen molar-refractivity contribution in [3.05, 3.63) is 0 Å². The molecule has 0 aliphatic carbocycles. The third kappa shape index (κ3) is 16.1. The van der Waals surface area contributed by atoms with Crippen molar-refractivity contribution in [3.8, 4) is 0 Å². The van der Waals surface area contributed by atoms with E-state index in [0.717, 1.165) is 0 Å². The van der Waals surface area contributed by atoms with Gasteiger partial charge in [0, 0.05) is 19.9 Å². The first-order chi connectivity index (χ1) is 16.2. The average molecular weight is 513 g/mol. The highest BCUT2D eigenvalue weighted by Gasteiger charge is 2.26. The summed E-state index contributed by atoms with van der Waals surface area (Å²) < 4.78 is 51.3. The van der Waals surface area contributed by atoms with Crippen LogP contribution in [0, 0.1) is 0 Å². The molecule has 0 atom stereocenters. The van der Waals surface area contributed by atoms with Gasteiger partial charge in [0.2, 0.25) is 5.96 Å². The number of guanidine groups is 1. The van der Waals surface area contributed by atoms with Crippen molar-refractivity contribution in [2.75, 3.05) is 59.8 Å². The molecular weight excluding hydrogens is 477 g/mol. The molecule has 0 aliphatic rings. The van der Waals surface area contributed by atoms with E-state index in [9.17, 15) is 18.9 Å². The predicted octanol–water partition coefficient (Wildman–Crippen LogP) is 2.45. The molecule has 0 aromatic heterocycles. The van der Waals surface area contributed by atoms with Crippen LogP contribution in [-0.2, 0) is 42.1 Å². The van der Waals surface area contributed by atoms with Gasteiger partial charge in [-0.3, -0.25) is 13.8 Å². The molecule has 34 heavy (non-hydrogen) atoms. The molecule has 0 spiro atoms. The molecule has 0 rings (SSSR count). The maximum atomic E-state index is 13.1. The SMILES string of the molecule is CCCOC(=O)CN(C)C(N)=NP(=O)(OCCCOC(=O)OCC)OCCCOC(=O)OCC. The van der Waals surface area contributed by atoms with Gasteiger partial charge in [-0.25, -0.2) is 14.2 Å². The smallest absolute Gasteiger partial charge is 0.464 e. The number of nitrogens with two attached hydrogens (primary N) is 1. The Morgan fingerprint density at radius 1 is 0.794 bits per heavy atom. The van der Waals surface area contributed by atoms with Crippen molar-refractivity contribution in [1.82, 2.24) is 4.90 Å². The maximum Gasteiger partial charge on any atom is 0.508 e. The van der Waals surface area contributed by atoms with E-state index in [1.165, 1.54) is 11.9 Å². The van der Waals surface area contributed by atoms with Gasteiger partial charge in [-0.1, -0.05) is 6.92 Å². The lowest BCUT2D eigenvalue weighted by Gasteiger charge is -2.20. The Kier molecular flexibility index (Phi) is 17.4. The summed E-state index contributed by atoms with van der Waals surface area (Å²) in [5.74, 6) is -0.811. The first-order valence-corrected chi connectivity index (χ1v) is 12.4. The topological polar surface area (TPSA) is 175 Å². The van der Waals surface area contributed by atoms with Gasteiger partial charge in [0.05, 0.1) is 46.2 Å². The van der Waals surface area contributed by atoms with Gasteiger partial charge in [-0.15, -0.1) is 4.76 Å². The molecule has 14 nitrogen and oxygen atoms in total. The molecule has 0 saturated carbocycles. The molecule has 2 N–H and O–H groups in total. The number of ether oxygens (including phenoxy) is 5. The molecule has 15 heteroatoms. The fraction of sp³-hybridized carbons (Fsp3) is 0.789. The van der Waals surface area contributed by atoms with Gasteiger partial charge < -0.3 is 34.3 Å². The van der Waals surface area contributed by atoms with Crippen LogP contribution in [0.15, 0.2) is 4.76 Å². The molecule has 0 fully saturated rings. The van der Waals surface area contributed by atoms with Crippen molar-refractivity contribution in [2.24, 2.45) is 10.5 Å². The number of carbonyl (C=O) groups is 3. The number of hydrogen-bond donors (Lipinski definition) is 1. The number of rotatable bonds is 17. The number of esters is 1. The summed E-state index contributed by atoms with van der Waals surface area (Å²) in [5.41, 5.74) is 5.85. The Hall–Kier alpha value is -2.57. The summed E-state index contributed by atoms with van der Waals surface area (Å²) >= 11 is 0. The lowest BCUT2D eigenvalue weighted by atomic mass is 10.5. The van der Waals surface area contributed by atoms with Crippen LogP contribution in [0.25, 0.3) is 0 Å². The second kappa shape index (κ2) is 18.8. The first-order valence-electron chi connectivity index (χ1n) is 10.9. The van der Waals surface area contributed by atoms with Crippen LogP contribution in [0.3, 0.4) is 0 Å². The van der Waals surface area contributed by atoms with Crippen molar-refractivity contribution >= 4 is 32.0 Å². The van der Waals surface area contributed by atoms with E-state index in [-0.39, 0.29) is 71.6 Å². The van der Waals surface area contributed by atoms with Crippen molar-refractivity contribution in [3.63, 3.8) is 0 Å². The Labute approximate surface area is 199 Å².